The second-order valence-electron chi connectivity index (χ2n) is 5.99. The summed E-state index contributed by atoms with van der Waals surface area (Å²) in [6, 6.07) is 5.67. The number of amides is 2. The van der Waals surface area contributed by atoms with Crippen LogP contribution in [0.1, 0.15) is 29.8 Å². The third-order valence-corrected chi connectivity index (χ3v) is 4.40. The van der Waals surface area contributed by atoms with Crippen molar-refractivity contribution < 1.29 is 19.1 Å². The maximum absolute atomic E-state index is 12.0. The maximum atomic E-state index is 12.0. The van der Waals surface area contributed by atoms with E-state index in [9.17, 15) is 9.59 Å². The van der Waals surface area contributed by atoms with E-state index in [-0.39, 0.29) is 24.7 Å². The molecule has 1 aromatic heterocycles. The summed E-state index contributed by atoms with van der Waals surface area (Å²) in [7, 11) is 3.18. The molecule has 7 heteroatoms. The number of aryl methyl sites for hydroxylation is 1. The molecule has 1 aliphatic rings. The van der Waals surface area contributed by atoms with Crippen LogP contribution in [0.25, 0.3) is 0 Å². The quantitative estimate of drug-likeness (QED) is 0.778. The Morgan fingerprint density at radius 1 is 1.04 bits per heavy atom. The smallest absolute Gasteiger partial charge is 0.234 e. The third kappa shape index (κ3) is 2.97. The molecule has 132 valence electrons. The van der Waals surface area contributed by atoms with Crippen molar-refractivity contribution >= 4 is 17.5 Å². The first-order chi connectivity index (χ1) is 12.0. The van der Waals surface area contributed by atoms with Crippen LogP contribution in [0.4, 0.5) is 5.69 Å². The van der Waals surface area contributed by atoms with Crippen LogP contribution in [0.5, 0.6) is 11.5 Å². The molecule has 0 radical (unpaired) electrons. The van der Waals surface area contributed by atoms with Gasteiger partial charge in [0.25, 0.3) is 0 Å². The molecule has 1 fully saturated rings. The van der Waals surface area contributed by atoms with Crippen molar-refractivity contribution in [3.8, 4) is 11.5 Å². The van der Waals surface area contributed by atoms with Crippen LogP contribution in [0.15, 0.2) is 18.2 Å². The highest BCUT2D eigenvalue weighted by molar-refractivity contribution is 6.20. The number of methoxy groups -OCH3 is 2. The molecule has 0 N–H and O–H groups in total. The number of aromatic nitrogens is 2. The van der Waals surface area contributed by atoms with Crippen molar-refractivity contribution in [2.24, 2.45) is 0 Å². The van der Waals surface area contributed by atoms with Gasteiger partial charge in [-0.2, -0.15) is 5.10 Å². The minimum absolute atomic E-state index is 0.165. The highest BCUT2D eigenvalue weighted by Gasteiger charge is 2.34. The zero-order chi connectivity index (χ0) is 18.1. The van der Waals surface area contributed by atoms with Gasteiger partial charge in [0, 0.05) is 12.8 Å². The number of carbonyl (C=O) groups excluding carboxylic acids is 2. The molecule has 1 aromatic carbocycles. The summed E-state index contributed by atoms with van der Waals surface area (Å²) in [4.78, 5) is 25.4. The van der Waals surface area contributed by atoms with Crippen molar-refractivity contribution in [3.05, 3.63) is 35.2 Å². The molecule has 2 heterocycles. The number of ether oxygens (including phenoxy) is 2. The first-order valence-corrected chi connectivity index (χ1v) is 8.07. The summed E-state index contributed by atoms with van der Waals surface area (Å²) < 4.78 is 12.4. The number of anilines is 1. The van der Waals surface area contributed by atoms with Gasteiger partial charge < -0.3 is 9.47 Å². The second kappa shape index (κ2) is 6.58. The number of hydrogen-bond donors (Lipinski definition) is 0. The van der Waals surface area contributed by atoms with E-state index < -0.39 is 0 Å². The van der Waals surface area contributed by atoms with E-state index in [0.29, 0.717) is 29.4 Å². The lowest BCUT2D eigenvalue weighted by Gasteiger charge is -2.14. The first-order valence-electron chi connectivity index (χ1n) is 8.07. The van der Waals surface area contributed by atoms with Crippen LogP contribution in [0, 0.1) is 13.8 Å². The molecule has 25 heavy (non-hydrogen) atoms. The van der Waals surface area contributed by atoms with Crippen LogP contribution in [-0.2, 0) is 16.1 Å². The zero-order valence-corrected chi connectivity index (χ0v) is 14.8. The summed E-state index contributed by atoms with van der Waals surface area (Å²) >= 11 is 0. The van der Waals surface area contributed by atoms with Crippen molar-refractivity contribution in [2.75, 3.05) is 19.1 Å². The van der Waals surface area contributed by atoms with Gasteiger partial charge in [-0.1, -0.05) is 6.07 Å². The van der Waals surface area contributed by atoms with Crippen molar-refractivity contribution in [1.82, 2.24) is 9.78 Å². The van der Waals surface area contributed by atoms with E-state index in [4.69, 9.17) is 9.47 Å². The van der Waals surface area contributed by atoms with Crippen molar-refractivity contribution in [2.45, 2.75) is 33.2 Å². The molecular weight excluding hydrogens is 322 g/mol. The molecule has 2 amide bonds. The fraction of sp³-hybridized carbons (Fsp3) is 0.389. The van der Waals surface area contributed by atoms with Crippen molar-refractivity contribution in [3.63, 3.8) is 0 Å². The average Bonchev–Trinajstić information content (AvgIpc) is 3.06. The van der Waals surface area contributed by atoms with Crippen molar-refractivity contribution in [1.29, 1.82) is 0 Å². The molecule has 3 rings (SSSR count). The number of benzene rings is 1. The Kier molecular flexibility index (Phi) is 4.48. The number of hydrogen-bond acceptors (Lipinski definition) is 5. The van der Waals surface area contributed by atoms with Crippen LogP contribution in [-0.4, -0.2) is 35.8 Å². The molecule has 0 bridgehead atoms. The van der Waals surface area contributed by atoms with Gasteiger partial charge in [-0.25, -0.2) is 4.90 Å². The number of nitrogens with zero attached hydrogens (tertiary/aromatic N) is 3. The van der Waals surface area contributed by atoms with Gasteiger partial charge in [0.05, 0.1) is 37.8 Å². The number of rotatable bonds is 5. The number of carbonyl (C=O) groups is 2. The summed E-state index contributed by atoms with van der Waals surface area (Å²) in [6.45, 7) is 4.19. The van der Waals surface area contributed by atoms with E-state index in [0.717, 1.165) is 11.3 Å². The van der Waals surface area contributed by atoms with Gasteiger partial charge in [-0.3, -0.25) is 14.3 Å². The Bertz CT molecular complexity index is 825. The summed E-state index contributed by atoms with van der Waals surface area (Å²) in [5.74, 6) is 0.976. The molecule has 0 aliphatic carbocycles. The average molecular weight is 343 g/mol. The lowest BCUT2D eigenvalue weighted by Crippen LogP contribution is -2.29. The molecular formula is C18H21N3O4. The van der Waals surface area contributed by atoms with Crippen LogP contribution >= 0.6 is 0 Å². The van der Waals surface area contributed by atoms with Gasteiger partial charge in [0.15, 0.2) is 11.5 Å². The van der Waals surface area contributed by atoms with E-state index in [2.05, 4.69) is 5.10 Å². The molecule has 7 nitrogen and oxygen atoms in total. The SMILES string of the molecule is COc1ccc(Cn2nc(C)c(N3C(=O)CCC3=O)c2C)cc1OC. The van der Waals surface area contributed by atoms with Gasteiger partial charge in [0.2, 0.25) is 11.8 Å². The molecule has 0 spiro atoms. The minimum atomic E-state index is -0.165. The minimum Gasteiger partial charge on any atom is -0.493 e. The molecule has 1 saturated heterocycles. The molecule has 0 saturated carbocycles. The number of imide groups is 1. The Hall–Kier alpha value is -2.83. The van der Waals surface area contributed by atoms with Gasteiger partial charge in [0.1, 0.15) is 0 Å². The Morgan fingerprint density at radius 2 is 1.68 bits per heavy atom. The van der Waals surface area contributed by atoms with Crippen LogP contribution in [0.3, 0.4) is 0 Å². The fourth-order valence-electron chi connectivity index (χ4n) is 3.14. The van der Waals surface area contributed by atoms with E-state index >= 15 is 0 Å². The van der Waals surface area contributed by atoms with E-state index in [1.165, 1.54) is 4.90 Å². The largest absolute Gasteiger partial charge is 0.493 e. The third-order valence-electron chi connectivity index (χ3n) is 4.40. The lowest BCUT2D eigenvalue weighted by molar-refractivity contribution is -0.121. The molecule has 2 aromatic rings. The van der Waals surface area contributed by atoms with E-state index in [1.54, 1.807) is 18.9 Å². The Labute approximate surface area is 146 Å². The van der Waals surface area contributed by atoms with E-state index in [1.807, 2.05) is 32.0 Å². The van der Waals surface area contributed by atoms with Crippen LogP contribution in [0.2, 0.25) is 0 Å². The van der Waals surface area contributed by atoms with Gasteiger partial charge >= 0.3 is 0 Å². The topological polar surface area (TPSA) is 73.7 Å². The Balaban J connectivity index is 1.93. The summed E-state index contributed by atoms with van der Waals surface area (Å²) in [5.41, 5.74) is 3.04. The fourth-order valence-corrected chi connectivity index (χ4v) is 3.14. The highest BCUT2D eigenvalue weighted by Crippen LogP contribution is 2.31. The predicted molar refractivity (Wildman–Crippen MR) is 92.1 cm³/mol. The van der Waals surface area contributed by atoms with Gasteiger partial charge in [-0.15, -0.1) is 0 Å². The predicted octanol–water partition coefficient (Wildman–Crippen LogP) is 2.22. The molecule has 0 atom stereocenters. The second-order valence-corrected chi connectivity index (χ2v) is 5.99. The first kappa shape index (κ1) is 17.0. The monoisotopic (exact) mass is 343 g/mol. The van der Waals surface area contributed by atoms with Crippen LogP contribution < -0.4 is 14.4 Å². The Morgan fingerprint density at radius 3 is 2.28 bits per heavy atom. The lowest BCUT2D eigenvalue weighted by atomic mass is 10.2. The maximum Gasteiger partial charge on any atom is 0.234 e. The summed E-state index contributed by atoms with van der Waals surface area (Å²) in [6.07, 6.45) is 0.525. The normalized spacial score (nSPS) is 14.3. The molecule has 0 unspecified atom stereocenters. The standard InChI is InChI=1S/C18H21N3O4/c1-11-18(21-16(22)7-8-17(21)23)12(2)20(19-11)10-13-5-6-14(24-3)15(9-13)25-4/h5-6,9H,7-8,10H2,1-4H3. The van der Waals surface area contributed by atoms with Gasteiger partial charge in [-0.05, 0) is 31.5 Å². The summed E-state index contributed by atoms with van der Waals surface area (Å²) in [5, 5.41) is 4.52. The molecule has 1 aliphatic heterocycles. The zero-order valence-electron chi connectivity index (χ0n) is 14.8. The highest BCUT2D eigenvalue weighted by atomic mass is 16.5.